The number of amides is 2. The standard InChI is InChI=1S/C21H26N2O4/c1-14(2)11-18(15-7-5-4-6-8-15)23-20(24)13-27-19-10-9-16(26-3)12-17(19)21(22)25/h4-10,12,14,18H,11,13H2,1-3H3,(H2,22,25)(H,23,24). The van der Waals surface area contributed by atoms with Crippen LogP contribution in [-0.4, -0.2) is 25.5 Å². The summed E-state index contributed by atoms with van der Waals surface area (Å²) in [6, 6.07) is 14.4. The number of benzene rings is 2. The lowest BCUT2D eigenvalue weighted by Crippen LogP contribution is -2.33. The summed E-state index contributed by atoms with van der Waals surface area (Å²) in [7, 11) is 1.49. The second-order valence-electron chi connectivity index (χ2n) is 6.68. The lowest BCUT2D eigenvalue weighted by Gasteiger charge is -2.21. The third-order valence-corrected chi connectivity index (χ3v) is 4.06. The number of ether oxygens (including phenoxy) is 2. The van der Waals surface area contributed by atoms with Crippen molar-refractivity contribution in [1.82, 2.24) is 5.32 Å². The molecule has 0 aromatic heterocycles. The summed E-state index contributed by atoms with van der Waals surface area (Å²) >= 11 is 0. The van der Waals surface area contributed by atoms with E-state index in [0.717, 1.165) is 12.0 Å². The number of rotatable bonds is 9. The van der Waals surface area contributed by atoms with Crippen molar-refractivity contribution in [3.05, 3.63) is 59.7 Å². The number of hydrogen-bond donors (Lipinski definition) is 2. The molecule has 3 N–H and O–H groups in total. The summed E-state index contributed by atoms with van der Waals surface area (Å²) in [6.45, 7) is 4.00. The number of carbonyl (C=O) groups excluding carboxylic acids is 2. The van der Waals surface area contributed by atoms with Crippen LogP contribution < -0.4 is 20.5 Å². The number of methoxy groups -OCH3 is 1. The van der Waals surface area contributed by atoms with E-state index in [1.165, 1.54) is 13.2 Å². The smallest absolute Gasteiger partial charge is 0.258 e. The first-order valence-corrected chi connectivity index (χ1v) is 8.85. The molecule has 0 fully saturated rings. The Morgan fingerprint density at radius 1 is 1.11 bits per heavy atom. The topological polar surface area (TPSA) is 90.7 Å². The van der Waals surface area contributed by atoms with Crippen molar-refractivity contribution in [3.63, 3.8) is 0 Å². The maximum Gasteiger partial charge on any atom is 0.258 e. The van der Waals surface area contributed by atoms with E-state index in [0.29, 0.717) is 11.7 Å². The van der Waals surface area contributed by atoms with Crippen LogP contribution >= 0.6 is 0 Å². The SMILES string of the molecule is COc1ccc(OCC(=O)NC(CC(C)C)c2ccccc2)c(C(N)=O)c1. The van der Waals surface area contributed by atoms with Gasteiger partial charge in [-0.15, -0.1) is 0 Å². The monoisotopic (exact) mass is 370 g/mol. The predicted octanol–water partition coefficient (Wildman–Crippen LogP) is 3.08. The normalized spacial score (nSPS) is 11.7. The molecule has 0 aliphatic heterocycles. The molecule has 0 heterocycles. The highest BCUT2D eigenvalue weighted by Crippen LogP contribution is 2.24. The van der Waals surface area contributed by atoms with Gasteiger partial charge in [-0.2, -0.15) is 0 Å². The molecule has 144 valence electrons. The van der Waals surface area contributed by atoms with Gasteiger partial charge in [-0.3, -0.25) is 9.59 Å². The minimum absolute atomic E-state index is 0.103. The second-order valence-corrected chi connectivity index (χ2v) is 6.68. The molecule has 27 heavy (non-hydrogen) atoms. The van der Waals surface area contributed by atoms with Gasteiger partial charge >= 0.3 is 0 Å². The Bertz CT molecular complexity index is 775. The van der Waals surface area contributed by atoms with Crippen molar-refractivity contribution in [2.45, 2.75) is 26.3 Å². The number of nitrogens with two attached hydrogens (primary N) is 1. The van der Waals surface area contributed by atoms with Crippen LogP contribution in [0.15, 0.2) is 48.5 Å². The molecule has 6 nitrogen and oxygen atoms in total. The van der Waals surface area contributed by atoms with Crippen molar-refractivity contribution >= 4 is 11.8 Å². The van der Waals surface area contributed by atoms with Crippen LogP contribution in [0.4, 0.5) is 0 Å². The lowest BCUT2D eigenvalue weighted by atomic mass is 9.97. The maximum absolute atomic E-state index is 12.4. The molecule has 0 radical (unpaired) electrons. The fraction of sp³-hybridized carbons (Fsp3) is 0.333. The summed E-state index contributed by atoms with van der Waals surface area (Å²) in [5, 5.41) is 3.00. The molecule has 0 saturated heterocycles. The van der Waals surface area contributed by atoms with Gasteiger partial charge in [0.05, 0.1) is 18.7 Å². The van der Waals surface area contributed by atoms with Gasteiger partial charge in [-0.1, -0.05) is 44.2 Å². The molecule has 1 unspecified atom stereocenters. The average Bonchev–Trinajstić information content (AvgIpc) is 2.66. The van der Waals surface area contributed by atoms with E-state index < -0.39 is 5.91 Å². The highest BCUT2D eigenvalue weighted by atomic mass is 16.5. The van der Waals surface area contributed by atoms with Crippen LogP contribution in [0.25, 0.3) is 0 Å². The zero-order valence-electron chi connectivity index (χ0n) is 15.9. The number of primary amides is 1. The summed E-state index contributed by atoms with van der Waals surface area (Å²) in [5.41, 5.74) is 6.59. The van der Waals surface area contributed by atoms with Gasteiger partial charge in [-0.05, 0) is 36.1 Å². The van der Waals surface area contributed by atoms with Crippen molar-refractivity contribution in [3.8, 4) is 11.5 Å². The zero-order valence-corrected chi connectivity index (χ0v) is 15.9. The summed E-state index contributed by atoms with van der Waals surface area (Å²) < 4.78 is 10.6. The highest BCUT2D eigenvalue weighted by molar-refractivity contribution is 5.96. The second kappa shape index (κ2) is 9.62. The average molecular weight is 370 g/mol. The molecule has 1 atom stereocenters. The molecule has 2 rings (SSSR count). The molecule has 2 aromatic carbocycles. The van der Waals surface area contributed by atoms with E-state index in [-0.39, 0.29) is 29.9 Å². The quantitative estimate of drug-likeness (QED) is 0.710. The molecular formula is C21H26N2O4. The van der Waals surface area contributed by atoms with E-state index in [1.807, 2.05) is 30.3 Å². The van der Waals surface area contributed by atoms with Gasteiger partial charge in [0.15, 0.2) is 6.61 Å². The lowest BCUT2D eigenvalue weighted by molar-refractivity contribution is -0.124. The Kier molecular flexibility index (Phi) is 7.23. The highest BCUT2D eigenvalue weighted by Gasteiger charge is 2.17. The Morgan fingerprint density at radius 3 is 2.41 bits per heavy atom. The number of carbonyl (C=O) groups is 2. The van der Waals surface area contributed by atoms with Gasteiger partial charge in [0, 0.05) is 0 Å². The van der Waals surface area contributed by atoms with Gasteiger partial charge < -0.3 is 20.5 Å². The largest absolute Gasteiger partial charge is 0.497 e. The van der Waals surface area contributed by atoms with Gasteiger partial charge in [-0.25, -0.2) is 0 Å². The molecular weight excluding hydrogens is 344 g/mol. The Balaban J connectivity index is 2.05. The minimum Gasteiger partial charge on any atom is -0.497 e. The first-order valence-electron chi connectivity index (χ1n) is 8.85. The van der Waals surface area contributed by atoms with E-state index >= 15 is 0 Å². The first kappa shape index (κ1) is 20.3. The first-order chi connectivity index (χ1) is 12.9. The Labute approximate surface area is 159 Å². The molecule has 0 aliphatic rings. The molecule has 0 saturated carbocycles. The number of hydrogen-bond acceptors (Lipinski definition) is 4. The third kappa shape index (κ3) is 6.02. The molecule has 2 amide bonds. The van der Waals surface area contributed by atoms with Gasteiger partial charge in [0.25, 0.3) is 11.8 Å². The predicted molar refractivity (Wildman–Crippen MR) is 104 cm³/mol. The molecule has 0 spiro atoms. The fourth-order valence-electron chi connectivity index (χ4n) is 2.77. The van der Waals surface area contributed by atoms with E-state index in [4.69, 9.17) is 15.2 Å². The van der Waals surface area contributed by atoms with Crippen LogP contribution in [0.1, 0.15) is 42.2 Å². The van der Waals surface area contributed by atoms with Gasteiger partial charge in [0.1, 0.15) is 11.5 Å². The fourth-order valence-corrected chi connectivity index (χ4v) is 2.77. The number of nitrogens with one attached hydrogen (secondary N) is 1. The van der Waals surface area contributed by atoms with Crippen molar-refractivity contribution in [1.29, 1.82) is 0 Å². The van der Waals surface area contributed by atoms with E-state index in [2.05, 4.69) is 19.2 Å². The van der Waals surface area contributed by atoms with E-state index in [1.54, 1.807) is 12.1 Å². The molecule has 6 heteroatoms. The van der Waals surface area contributed by atoms with Crippen molar-refractivity contribution in [2.75, 3.05) is 13.7 Å². The minimum atomic E-state index is -0.647. The summed E-state index contributed by atoms with van der Waals surface area (Å²) in [4.78, 5) is 24.0. The molecule has 2 aromatic rings. The molecule has 0 aliphatic carbocycles. The maximum atomic E-state index is 12.4. The van der Waals surface area contributed by atoms with Crippen LogP contribution in [0.3, 0.4) is 0 Å². The zero-order chi connectivity index (χ0) is 19.8. The van der Waals surface area contributed by atoms with Crippen LogP contribution in [0.2, 0.25) is 0 Å². The van der Waals surface area contributed by atoms with Crippen LogP contribution in [0.5, 0.6) is 11.5 Å². The Morgan fingerprint density at radius 2 is 1.81 bits per heavy atom. The Hall–Kier alpha value is -3.02. The van der Waals surface area contributed by atoms with Gasteiger partial charge in [0.2, 0.25) is 0 Å². The van der Waals surface area contributed by atoms with E-state index in [9.17, 15) is 9.59 Å². The van der Waals surface area contributed by atoms with Crippen LogP contribution in [0, 0.1) is 5.92 Å². The van der Waals surface area contributed by atoms with Crippen molar-refractivity contribution in [2.24, 2.45) is 11.7 Å². The third-order valence-electron chi connectivity index (χ3n) is 4.06. The summed E-state index contributed by atoms with van der Waals surface area (Å²) in [5.74, 6) is 0.238. The van der Waals surface area contributed by atoms with Crippen molar-refractivity contribution < 1.29 is 19.1 Å². The van der Waals surface area contributed by atoms with Crippen LogP contribution in [-0.2, 0) is 4.79 Å². The molecule has 0 bridgehead atoms. The summed E-state index contributed by atoms with van der Waals surface area (Å²) in [6.07, 6.45) is 0.810.